The molecule has 2 aromatic rings. The number of hydrogen-bond acceptors (Lipinski definition) is 3. The van der Waals surface area contributed by atoms with Crippen LogP contribution in [-0.2, 0) is 6.42 Å². The van der Waals surface area contributed by atoms with Crippen molar-refractivity contribution in [1.82, 2.24) is 5.32 Å². The largest absolute Gasteiger partial charge is 0.480 e. The van der Waals surface area contributed by atoms with Gasteiger partial charge in [-0.15, -0.1) is 0 Å². The predicted octanol–water partition coefficient (Wildman–Crippen LogP) is 2.59. The van der Waals surface area contributed by atoms with E-state index in [2.05, 4.69) is 5.32 Å². The number of aliphatic hydroxyl groups is 1. The number of fused-ring (bicyclic) bond motifs is 1. The van der Waals surface area contributed by atoms with Crippen LogP contribution in [0.15, 0.2) is 42.5 Å². The molecule has 0 radical (unpaired) electrons. The van der Waals surface area contributed by atoms with Crippen LogP contribution in [0.1, 0.15) is 17.2 Å². The third-order valence-corrected chi connectivity index (χ3v) is 3.94. The maximum atomic E-state index is 13.8. The molecular formula is C17H17F2NO2. The molecule has 0 saturated carbocycles. The fourth-order valence-electron chi connectivity index (χ4n) is 3.00. The van der Waals surface area contributed by atoms with Gasteiger partial charge < -0.3 is 15.2 Å². The van der Waals surface area contributed by atoms with E-state index in [4.69, 9.17) is 4.74 Å². The molecule has 0 fully saturated rings. The molecule has 2 aromatic carbocycles. The minimum atomic E-state index is -1.26. The van der Waals surface area contributed by atoms with Gasteiger partial charge in [0.05, 0.1) is 0 Å². The first-order chi connectivity index (χ1) is 10.5. The molecule has 0 bridgehead atoms. The summed E-state index contributed by atoms with van der Waals surface area (Å²) in [5.41, 5.74) is 0.106. The first-order valence-corrected chi connectivity index (χ1v) is 7.10. The normalized spacial score (nSPS) is 23.4. The molecule has 0 amide bonds. The Morgan fingerprint density at radius 1 is 1.27 bits per heavy atom. The standard InChI is InChI=1S/C17H17F2NO2/c1-20-10-17(21)9-11-8-12(18)6-7-13(11)16(17)22-15-5-3-2-4-14(15)19/h2-8,16,20-21H,9-10H2,1H3. The number of hydrogen-bond donors (Lipinski definition) is 2. The molecule has 0 saturated heterocycles. The molecule has 2 N–H and O–H groups in total. The smallest absolute Gasteiger partial charge is 0.165 e. The quantitative estimate of drug-likeness (QED) is 0.912. The third-order valence-electron chi connectivity index (χ3n) is 3.94. The summed E-state index contributed by atoms with van der Waals surface area (Å²) in [4.78, 5) is 0. The molecule has 2 atom stereocenters. The van der Waals surface area contributed by atoms with Crippen LogP contribution in [0.5, 0.6) is 5.75 Å². The van der Waals surface area contributed by atoms with E-state index in [1.54, 1.807) is 25.2 Å². The zero-order valence-electron chi connectivity index (χ0n) is 12.1. The average molecular weight is 305 g/mol. The Bertz CT molecular complexity index is 692. The Morgan fingerprint density at radius 2 is 2.05 bits per heavy atom. The molecule has 0 heterocycles. The fraction of sp³-hybridized carbons (Fsp3) is 0.294. The second kappa shape index (κ2) is 5.66. The summed E-state index contributed by atoms with van der Waals surface area (Å²) in [6, 6.07) is 10.3. The molecular weight excluding hydrogens is 288 g/mol. The molecule has 0 aliphatic heterocycles. The van der Waals surface area contributed by atoms with Gasteiger partial charge in [-0.1, -0.05) is 18.2 Å². The first kappa shape index (κ1) is 14.9. The second-order valence-electron chi connectivity index (χ2n) is 5.58. The third kappa shape index (κ3) is 2.58. The van der Waals surface area contributed by atoms with Gasteiger partial charge in [0, 0.05) is 13.0 Å². The van der Waals surface area contributed by atoms with Gasteiger partial charge >= 0.3 is 0 Å². The van der Waals surface area contributed by atoms with E-state index in [-0.39, 0.29) is 24.5 Å². The lowest BCUT2D eigenvalue weighted by Crippen LogP contribution is -2.45. The molecule has 3 rings (SSSR count). The van der Waals surface area contributed by atoms with Crippen LogP contribution in [0.3, 0.4) is 0 Å². The van der Waals surface area contributed by atoms with Crippen molar-refractivity contribution in [1.29, 1.82) is 0 Å². The molecule has 22 heavy (non-hydrogen) atoms. The lowest BCUT2D eigenvalue weighted by atomic mass is 9.97. The van der Waals surface area contributed by atoms with Crippen LogP contribution in [0.2, 0.25) is 0 Å². The van der Waals surface area contributed by atoms with Crippen molar-refractivity contribution < 1.29 is 18.6 Å². The van der Waals surface area contributed by atoms with E-state index in [0.717, 1.165) is 0 Å². The lowest BCUT2D eigenvalue weighted by Gasteiger charge is -2.30. The molecule has 2 unspecified atom stereocenters. The van der Waals surface area contributed by atoms with Gasteiger partial charge in [-0.05, 0) is 42.4 Å². The lowest BCUT2D eigenvalue weighted by molar-refractivity contribution is -0.0496. The van der Waals surface area contributed by atoms with Crippen LogP contribution < -0.4 is 10.1 Å². The number of nitrogens with one attached hydrogen (secondary N) is 1. The number of ether oxygens (including phenoxy) is 1. The molecule has 1 aliphatic rings. The Kier molecular flexibility index (Phi) is 3.85. The zero-order chi connectivity index (χ0) is 15.7. The van der Waals surface area contributed by atoms with Gasteiger partial charge in [0.15, 0.2) is 17.7 Å². The van der Waals surface area contributed by atoms with Crippen LogP contribution in [0, 0.1) is 11.6 Å². The van der Waals surface area contributed by atoms with E-state index < -0.39 is 17.5 Å². The van der Waals surface area contributed by atoms with Crippen molar-refractivity contribution in [2.45, 2.75) is 18.1 Å². The van der Waals surface area contributed by atoms with Crippen LogP contribution in [0.4, 0.5) is 8.78 Å². The summed E-state index contributed by atoms with van der Waals surface area (Å²) in [5.74, 6) is -0.791. The van der Waals surface area contributed by atoms with Gasteiger partial charge in [-0.3, -0.25) is 0 Å². The van der Waals surface area contributed by atoms with E-state index in [0.29, 0.717) is 11.1 Å². The molecule has 0 spiro atoms. The van der Waals surface area contributed by atoms with Crippen LogP contribution >= 0.6 is 0 Å². The molecule has 116 valence electrons. The number of likely N-dealkylation sites (N-methyl/N-ethyl adjacent to an activating group) is 1. The fourth-order valence-corrected chi connectivity index (χ4v) is 3.00. The van der Waals surface area contributed by atoms with Gasteiger partial charge in [0.2, 0.25) is 0 Å². The van der Waals surface area contributed by atoms with Gasteiger partial charge in [-0.25, -0.2) is 8.78 Å². The summed E-state index contributed by atoms with van der Waals surface area (Å²) >= 11 is 0. The monoisotopic (exact) mass is 305 g/mol. The van der Waals surface area contributed by atoms with Gasteiger partial charge in [0.25, 0.3) is 0 Å². The highest BCUT2D eigenvalue weighted by molar-refractivity contribution is 5.40. The summed E-state index contributed by atoms with van der Waals surface area (Å²) in [5, 5.41) is 13.8. The van der Waals surface area contributed by atoms with Crippen LogP contribution in [-0.4, -0.2) is 24.3 Å². The molecule has 0 aromatic heterocycles. The maximum Gasteiger partial charge on any atom is 0.165 e. The van der Waals surface area contributed by atoms with E-state index >= 15 is 0 Å². The highest BCUT2D eigenvalue weighted by Crippen LogP contribution is 2.42. The Balaban J connectivity index is 2.00. The molecule has 3 nitrogen and oxygen atoms in total. The summed E-state index contributed by atoms with van der Waals surface area (Å²) in [6.07, 6.45) is -0.507. The number of para-hydroxylation sites is 1. The van der Waals surface area contributed by atoms with Crippen molar-refractivity contribution in [3.05, 3.63) is 65.2 Å². The Labute approximate surface area is 127 Å². The van der Waals surface area contributed by atoms with Crippen molar-refractivity contribution in [2.75, 3.05) is 13.6 Å². The van der Waals surface area contributed by atoms with Gasteiger partial charge in [-0.2, -0.15) is 0 Å². The van der Waals surface area contributed by atoms with Crippen molar-refractivity contribution >= 4 is 0 Å². The minimum absolute atomic E-state index is 0.0687. The van der Waals surface area contributed by atoms with Crippen molar-refractivity contribution in [2.24, 2.45) is 0 Å². The Hall–Kier alpha value is -1.98. The second-order valence-corrected chi connectivity index (χ2v) is 5.58. The molecule has 1 aliphatic carbocycles. The number of halogens is 2. The first-order valence-electron chi connectivity index (χ1n) is 7.10. The average Bonchev–Trinajstić information content (AvgIpc) is 2.73. The van der Waals surface area contributed by atoms with Crippen LogP contribution in [0.25, 0.3) is 0 Å². The number of benzene rings is 2. The summed E-state index contributed by atoms with van der Waals surface area (Å²) < 4.78 is 33.0. The van der Waals surface area contributed by atoms with E-state index in [1.165, 1.54) is 24.3 Å². The highest BCUT2D eigenvalue weighted by Gasteiger charge is 2.46. The zero-order valence-corrected chi connectivity index (χ0v) is 12.1. The van der Waals surface area contributed by atoms with Crippen molar-refractivity contribution in [3.63, 3.8) is 0 Å². The highest BCUT2D eigenvalue weighted by atomic mass is 19.1. The SMILES string of the molecule is CNCC1(O)Cc2cc(F)ccc2C1Oc1ccccc1F. The molecule has 5 heteroatoms. The predicted molar refractivity (Wildman–Crippen MR) is 78.7 cm³/mol. The maximum absolute atomic E-state index is 13.8. The Morgan fingerprint density at radius 3 is 2.77 bits per heavy atom. The summed E-state index contributed by atoms with van der Waals surface area (Å²) in [7, 11) is 1.71. The van der Waals surface area contributed by atoms with Gasteiger partial charge in [0.1, 0.15) is 11.4 Å². The van der Waals surface area contributed by atoms with E-state index in [1.807, 2.05) is 0 Å². The summed E-state index contributed by atoms with van der Waals surface area (Å²) in [6.45, 7) is 0.252. The van der Waals surface area contributed by atoms with Crippen molar-refractivity contribution in [3.8, 4) is 5.75 Å². The number of rotatable bonds is 4. The minimum Gasteiger partial charge on any atom is -0.480 e. The van der Waals surface area contributed by atoms with E-state index in [9.17, 15) is 13.9 Å². The topological polar surface area (TPSA) is 41.5 Å².